The van der Waals surface area contributed by atoms with E-state index in [9.17, 15) is 0 Å². The van der Waals surface area contributed by atoms with Crippen LogP contribution in [0.15, 0.2) is 0 Å². The van der Waals surface area contributed by atoms with Crippen LogP contribution >= 0.6 is 11.3 Å². The van der Waals surface area contributed by atoms with E-state index >= 15 is 0 Å². The van der Waals surface area contributed by atoms with Crippen molar-refractivity contribution in [3.63, 3.8) is 0 Å². The molecule has 12 heavy (non-hydrogen) atoms. The first-order valence-corrected chi connectivity index (χ1v) is 4.57. The molecule has 1 aromatic heterocycles. The molecule has 4 heteroatoms. The van der Waals surface area contributed by atoms with E-state index in [2.05, 4.69) is 11.1 Å². The number of rotatable bonds is 2. The summed E-state index contributed by atoms with van der Waals surface area (Å²) in [5.41, 5.74) is 0.909. The molecule has 0 aromatic carbocycles. The molecule has 0 aliphatic carbocycles. The van der Waals surface area contributed by atoms with Gasteiger partial charge >= 0.3 is 0 Å². The summed E-state index contributed by atoms with van der Waals surface area (Å²) >= 11 is 1.45. The maximum atomic E-state index is 8.75. The standard InChI is InChI=1S/C8H11N3S/c1-4-6-7(5-9)12-8(10-6)11(2)3/h4H2,1-3H3. The van der Waals surface area contributed by atoms with Crippen molar-refractivity contribution in [2.24, 2.45) is 0 Å². The number of nitriles is 1. The van der Waals surface area contributed by atoms with Gasteiger partial charge in [0.05, 0.1) is 5.69 Å². The average Bonchev–Trinajstić information content (AvgIpc) is 2.46. The number of nitrogens with zero attached hydrogens (tertiary/aromatic N) is 3. The minimum atomic E-state index is 0.737. The highest BCUT2D eigenvalue weighted by atomic mass is 32.1. The zero-order valence-corrected chi connectivity index (χ0v) is 8.27. The Bertz CT molecular complexity index is 309. The topological polar surface area (TPSA) is 39.9 Å². The highest BCUT2D eigenvalue weighted by molar-refractivity contribution is 7.16. The summed E-state index contributed by atoms with van der Waals surface area (Å²) in [6.45, 7) is 2.01. The van der Waals surface area contributed by atoms with Gasteiger partial charge in [0.15, 0.2) is 5.13 Å². The van der Waals surface area contributed by atoms with Gasteiger partial charge in [-0.2, -0.15) is 5.26 Å². The minimum Gasteiger partial charge on any atom is -0.354 e. The summed E-state index contributed by atoms with van der Waals surface area (Å²) in [7, 11) is 3.86. The molecule has 1 rings (SSSR count). The van der Waals surface area contributed by atoms with E-state index in [4.69, 9.17) is 5.26 Å². The Kier molecular flexibility index (Phi) is 2.66. The fraction of sp³-hybridized carbons (Fsp3) is 0.500. The van der Waals surface area contributed by atoms with E-state index in [1.54, 1.807) is 0 Å². The molecule has 64 valence electrons. The van der Waals surface area contributed by atoms with Gasteiger partial charge in [-0.3, -0.25) is 0 Å². The molecule has 1 aromatic rings. The SMILES string of the molecule is CCc1nc(N(C)C)sc1C#N. The van der Waals surface area contributed by atoms with E-state index in [-0.39, 0.29) is 0 Å². The van der Waals surface area contributed by atoms with Gasteiger partial charge < -0.3 is 4.90 Å². The molecule has 0 amide bonds. The van der Waals surface area contributed by atoms with Gasteiger partial charge in [0, 0.05) is 14.1 Å². The highest BCUT2D eigenvalue weighted by Gasteiger charge is 2.09. The molecular formula is C8H11N3S. The van der Waals surface area contributed by atoms with Crippen molar-refractivity contribution in [2.45, 2.75) is 13.3 Å². The van der Waals surface area contributed by atoms with Crippen molar-refractivity contribution in [1.82, 2.24) is 4.98 Å². The van der Waals surface area contributed by atoms with Crippen molar-refractivity contribution in [3.8, 4) is 6.07 Å². The molecule has 0 unspecified atom stereocenters. The summed E-state index contributed by atoms with van der Waals surface area (Å²) in [6.07, 6.45) is 0.827. The van der Waals surface area contributed by atoms with Crippen LogP contribution in [-0.2, 0) is 6.42 Å². The first-order chi connectivity index (χ1) is 5.69. The summed E-state index contributed by atoms with van der Waals surface area (Å²) in [5, 5.41) is 9.65. The van der Waals surface area contributed by atoms with Crippen LogP contribution < -0.4 is 4.90 Å². The van der Waals surface area contributed by atoms with Crippen molar-refractivity contribution in [1.29, 1.82) is 5.26 Å². The minimum absolute atomic E-state index is 0.737. The third-order valence-electron chi connectivity index (χ3n) is 1.51. The molecule has 0 saturated carbocycles. The molecule has 1 heterocycles. The molecule has 0 radical (unpaired) electrons. The molecule has 0 fully saturated rings. The third-order valence-corrected chi connectivity index (χ3v) is 2.68. The van der Waals surface area contributed by atoms with Gasteiger partial charge in [-0.15, -0.1) is 0 Å². The Morgan fingerprint density at radius 2 is 2.25 bits per heavy atom. The Hall–Kier alpha value is -1.08. The Morgan fingerprint density at radius 3 is 2.58 bits per heavy atom. The summed E-state index contributed by atoms with van der Waals surface area (Å²) in [4.78, 5) is 6.98. The van der Waals surface area contributed by atoms with E-state index in [0.29, 0.717) is 0 Å². The van der Waals surface area contributed by atoms with E-state index in [1.165, 1.54) is 11.3 Å². The normalized spacial score (nSPS) is 9.50. The van der Waals surface area contributed by atoms with E-state index in [0.717, 1.165) is 22.1 Å². The Balaban J connectivity index is 3.07. The van der Waals surface area contributed by atoms with Gasteiger partial charge in [0.25, 0.3) is 0 Å². The van der Waals surface area contributed by atoms with Crippen molar-refractivity contribution in [2.75, 3.05) is 19.0 Å². The lowest BCUT2D eigenvalue weighted by atomic mass is 10.3. The van der Waals surface area contributed by atoms with E-state index in [1.807, 2.05) is 25.9 Å². The maximum absolute atomic E-state index is 8.75. The van der Waals surface area contributed by atoms with Crippen LogP contribution in [-0.4, -0.2) is 19.1 Å². The molecule has 0 aliphatic rings. The third kappa shape index (κ3) is 1.56. The number of aryl methyl sites for hydroxylation is 1. The van der Waals surface area contributed by atoms with Crippen molar-refractivity contribution < 1.29 is 0 Å². The molecule has 3 nitrogen and oxygen atoms in total. The fourth-order valence-corrected chi connectivity index (χ4v) is 1.73. The van der Waals surface area contributed by atoms with Crippen LogP contribution in [0.3, 0.4) is 0 Å². The zero-order chi connectivity index (χ0) is 9.14. The fourth-order valence-electron chi connectivity index (χ4n) is 0.857. The van der Waals surface area contributed by atoms with Crippen LogP contribution in [0.1, 0.15) is 17.5 Å². The molecule has 0 saturated heterocycles. The lowest BCUT2D eigenvalue weighted by Gasteiger charge is -2.04. The zero-order valence-electron chi connectivity index (χ0n) is 7.46. The van der Waals surface area contributed by atoms with Crippen LogP contribution in [0.25, 0.3) is 0 Å². The maximum Gasteiger partial charge on any atom is 0.186 e. The quantitative estimate of drug-likeness (QED) is 0.696. The predicted molar refractivity (Wildman–Crippen MR) is 50.5 cm³/mol. The first kappa shape index (κ1) is 9.01. The monoisotopic (exact) mass is 181 g/mol. The van der Waals surface area contributed by atoms with Gasteiger partial charge in [-0.1, -0.05) is 18.3 Å². The van der Waals surface area contributed by atoms with Gasteiger partial charge in [0.2, 0.25) is 0 Å². The predicted octanol–water partition coefficient (Wildman–Crippen LogP) is 1.64. The van der Waals surface area contributed by atoms with Gasteiger partial charge in [-0.25, -0.2) is 4.98 Å². The van der Waals surface area contributed by atoms with Crippen molar-refractivity contribution in [3.05, 3.63) is 10.6 Å². The molecule has 0 spiro atoms. The lowest BCUT2D eigenvalue weighted by molar-refractivity contribution is 1.02. The smallest absolute Gasteiger partial charge is 0.186 e. The summed E-state index contributed by atoms with van der Waals surface area (Å²) < 4.78 is 0. The molecular weight excluding hydrogens is 170 g/mol. The number of hydrogen-bond acceptors (Lipinski definition) is 4. The van der Waals surface area contributed by atoms with Crippen LogP contribution in [0.4, 0.5) is 5.13 Å². The number of hydrogen-bond donors (Lipinski definition) is 0. The summed E-state index contributed by atoms with van der Waals surface area (Å²) in [5.74, 6) is 0. The molecule has 0 bridgehead atoms. The second-order valence-electron chi connectivity index (χ2n) is 2.63. The molecule has 0 atom stereocenters. The van der Waals surface area contributed by atoms with Crippen LogP contribution in [0, 0.1) is 11.3 Å². The number of anilines is 1. The average molecular weight is 181 g/mol. The highest BCUT2D eigenvalue weighted by Crippen LogP contribution is 2.24. The molecule has 0 N–H and O–H groups in total. The number of aromatic nitrogens is 1. The van der Waals surface area contributed by atoms with Gasteiger partial charge in [0.1, 0.15) is 10.9 Å². The van der Waals surface area contributed by atoms with E-state index < -0.39 is 0 Å². The Morgan fingerprint density at radius 1 is 1.58 bits per heavy atom. The molecule has 0 aliphatic heterocycles. The lowest BCUT2D eigenvalue weighted by Crippen LogP contribution is -2.07. The Labute approximate surface area is 76.3 Å². The van der Waals surface area contributed by atoms with Gasteiger partial charge in [-0.05, 0) is 6.42 Å². The van der Waals surface area contributed by atoms with Crippen molar-refractivity contribution >= 4 is 16.5 Å². The second-order valence-corrected chi connectivity index (χ2v) is 3.61. The van der Waals surface area contributed by atoms with Crippen LogP contribution in [0.5, 0.6) is 0 Å². The number of thiazole rings is 1. The first-order valence-electron chi connectivity index (χ1n) is 3.76. The largest absolute Gasteiger partial charge is 0.354 e. The second kappa shape index (κ2) is 3.55. The van der Waals surface area contributed by atoms with Crippen LogP contribution in [0.2, 0.25) is 0 Å². The summed E-state index contributed by atoms with van der Waals surface area (Å²) in [6, 6.07) is 2.15.